The normalized spacial score (nSPS) is 21.4. The number of hydrogen-bond donors (Lipinski definition) is 1. The summed E-state index contributed by atoms with van der Waals surface area (Å²) < 4.78 is 30.8. The SMILES string of the molecule is Cc1oc([C@H](C)NS(C)(=O)=O)nc1C(=O)N1CCCN(C2CCCC2)CC1. The predicted molar refractivity (Wildman–Crippen MR) is 102 cm³/mol. The molecule has 0 radical (unpaired) electrons. The molecule has 0 spiro atoms. The third-order valence-corrected chi connectivity index (χ3v) is 6.22. The van der Waals surface area contributed by atoms with Crippen molar-refractivity contribution in [1.29, 1.82) is 0 Å². The maximum absolute atomic E-state index is 13.0. The first-order chi connectivity index (χ1) is 12.7. The number of nitrogens with one attached hydrogen (secondary N) is 1. The van der Waals surface area contributed by atoms with Gasteiger partial charge in [0, 0.05) is 32.2 Å². The quantitative estimate of drug-likeness (QED) is 0.811. The molecule has 0 bridgehead atoms. The molecule has 2 fully saturated rings. The minimum Gasteiger partial charge on any atom is -0.443 e. The molecule has 1 N–H and O–H groups in total. The molecule has 1 saturated carbocycles. The smallest absolute Gasteiger partial charge is 0.276 e. The Morgan fingerprint density at radius 1 is 1.19 bits per heavy atom. The van der Waals surface area contributed by atoms with Gasteiger partial charge in [-0.05, 0) is 33.1 Å². The molecule has 8 nitrogen and oxygen atoms in total. The van der Waals surface area contributed by atoms with Crippen LogP contribution in [0.5, 0.6) is 0 Å². The Hall–Kier alpha value is -1.45. The van der Waals surface area contributed by atoms with Gasteiger partial charge in [0.1, 0.15) is 5.76 Å². The molecular formula is C18H30N4O4S. The summed E-state index contributed by atoms with van der Waals surface area (Å²) in [5.41, 5.74) is 0.279. The molecule has 0 unspecified atom stereocenters. The van der Waals surface area contributed by atoms with E-state index in [1.807, 2.05) is 4.90 Å². The topological polar surface area (TPSA) is 95.8 Å². The van der Waals surface area contributed by atoms with Gasteiger partial charge in [-0.1, -0.05) is 12.8 Å². The van der Waals surface area contributed by atoms with E-state index < -0.39 is 16.1 Å². The first kappa shape index (κ1) is 20.3. The van der Waals surface area contributed by atoms with E-state index in [0.29, 0.717) is 24.9 Å². The van der Waals surface area contributed by atoms with Gasteiger partial charge in [-0.15, -0.1) is 0 Å². The fourth-order valence-electron chi connectivity index (χ4n) is 4.10. The number of amides is 1. The zero-order valence-corrected chi connectivity index (χ0v) is 17.2. The molecule has 1 aromatic heterocycles. The van der Waals surface area contributed by atoms with Crippen LogP contribution in [0.1, 0.15) is 67.2 Å². The number of aromatic nitrogens is 1. The van der Waals surface area contributed by atoms with Crippen molar-refractivity contribution in [2.45, 2.75) is 58.0 Å². The number of oxazole rings is 1. The van der Waals surface area contributed by atoms with Gasteiger partial charge < -0.3 is 9.32 Å². The lowest BCUT2D eigenvalue weighted by Gasteiger charge is -2.27. The second-order valence-electron chi connectivity index (χ2n) is 7.69. The Kier molecular flexibility index (Phi) is 6.22. The van der Waals surface area contributed by atoms with Crippen molar-refractivity contribution >= 4 is 15.9 Å². The van der Waals surface area contributed by atoms with E-state index in [2.05, 4.69) is 14.6 Å². The summed E-state index contributed by atoms with van der Waals surface area (Å²) in [4.78, 5) is 21.6. The van der Waals surface area contributed by atoms with Crippen LogP contribution in [-0.2, 0) is 10.0 Å². The average molecular weight is 399 g/mol. The molecule has 152 valence electrons. The summed E-state index contributed by atoms with van der Waals surface area (Å²) >= 11 is 0. The van der Waals surface area contributed by atoms with E-state index in [0.717, 1.165) is 25.8 Å². The maximum Gasteiger partial charge on any atom is 0.276 e. The van der Waals surface area contributed by atoms with Crippen LogP contribution >= 0.6 is 0 Å². The summed E-state index contributed by atoms with van der Waals surface area (Å²) in [6.45, 7) is 6.67. The Bertz CT molecular complexity index is 770. The van der Waals surface area contributed by atoms with Crippen LogP contribution in [-0.4, -0.2) is 67.6 Å². The van der Waals surface area contributed by atoms with Gasteiger partial charge in [-0.3, -0.25) is 9.69 Å². The summed E-state index contributed by atoms with van der Waals surface area (Å²) in [5.74, 6) is 0.500. The number of aryl methyl sites for hydroxylation is 1. The second-order valence-corrected chi connectivity index (χ2v) is 9.47. The monoisotopic (exact) mass is 398 g/mol. The summed E-state index contributed by atoms with van der Waals surface area (Å²) in [6.07, 6.45) is 7.20. The van der Waals surface area contributed by atoms with Gasteiger partial charge in [0.25, 0.3) is 5.91 Å². The van der Waals surface area contributed by atoms with Crippen LogP contribution in [0.25, 0.3) is 0 Å². The first-order valence-corrected chi connectivity index (χ1v) is 11.6. The molecule has 0 aromatic carbocycles. The van der Waals surface area contributed by atoms with E-state index >= 15 is 0 Å². The van der Waals surface area contributed by atoms with Gasteiger partial charge in [0.15, 0.2) is 5.69 Å². The summed E-state index contributed by atoms with van der Waals surface area (Å²) in [7, 11) is -3.39. The summed E-state index contributed by atoms with van der Waals surface area (Å²) in [6, 6.07) is 0.0469. The number of carbonyl (C=O) groups excluding carboxylic acids is 1. The van der Waals surface area contributed by atoms with E-state index in [-0.39, 0.29) is 17.5 Å². The van der Waals surface area contributed by atoms with E-state index in [1.165, 1.54) is 25.7 Å². The highest BCUT2D eigenvalue weighted by atomic mass is 32.2. The van der Waals surface area contributed by atoms with Crippen molar-refractivity contribution < 1.29 is 17.6 Å². The predicted octanol–water partition coefficient (Wildman–Crippen LogP) is 1.68. The molecule has 2 heterocycles. The van der Waals surface area contributed by atoms with Gasteiger partial charge in [-0.2, -0.15) is 0 Å². The van der Waals surface area contributed by atoms with Crippen molar-refractivity contribution in [1.82, 2.24) is 19.5 Å². The Labute approximate surface area is 161 Å². The van der Waals surface area contributed by atoms with Crippen molar-refractivity contribution in [2.24, 2.45) is 0 Å². The van der Waals surface area contributed by atoms with Gasteiger partial charge >= 0.3 is 0 Å². The number of carbonyl (C=O) groups is 1. The molecule has 1 aliphatic heterocycles. The molecule has 1 amide bonds. The number of sulfonamides is 1. The molecule has 1 aromatic rings. The fraction of sp³-hybridized carbons (Fsp3) is 0.778. The van der Waals surface area contributed by atoms with E-state index in [9.17, 15) is 13.2 Å². The van der Waals surface area contributed by atoms with Crippen molar-refractivity contribution in [3.05, 3.63) is 17.3 Å². The maximum atomic E-state index is 13.0. The Balaban J connectivity index is 1.66. The molecule has 2 aliphatic rings. The van der Waals surface area contributed by atoms with Gasteiger partial charge in [-0.25, -0.2) is 18.1 Å². The van der Waals surface area contributed by atoms with Crippen LogP contribution in [0, 0.1) is 6.92 Å². The molecule has 3 rings (SSSR count). The second kappa shape index (κ2) is 8.28. The van der Waals surface area contributed by atoms with E-state index in [1.54, 1.807) is 13.8 Å². The Morgan fingerprint density at radius 2 is 1.89 bits per heavy atom. The molecule has 1 atom stereocenters. The molecule has 1 aliphatic carbocycles. The van der Waals surface area contributed by atoms with E-state index in [4.69, 9.17) is 4.42 Å². The highest BCUT2D eigenvalue weighted by Gasteiger charge is 2.29. The highest BCUT2D eigenvalue weighted by Crippen LogP contribution is 2.25. The van der Waals surface area contributed by atoms with Crippen molar-refractivity contribution in [3.63, 3.8) is 0 Å². The fourth-order valence-corrected chi connectivity index (χ4v) is 4.84. The number of nitrogens with zero attached hydrogens (tertiary/aromatic N) is 3. The molecule has 1 saturated heterocycles. The minimum absolute atomic E-state index is 0.137. The lowest BCUT2D eigenvalue weighted by molar-refractivity contribution is 0.0751. The standard InChI is InChI=1S/C18H30N4O4S/c1-13(20-27(3,24)25)17-19-16(14(2)26-17)18(23)22-10-6-9-21(11-12-22)15-7-4-5-8-15/h13,15,20H,4-12H2,1-3H3/t13-/m0/s1. The van der Waals surface area contributed by atoms with Crippen LogP contribution in [0.15, 0.2) is 4.42 Å². The van der Waals surface area contributed by atoms with Crippen molar-refractivity contribution in [2.75, 3.05) is 32.4 Å². The highest BCUT2D eigenvalue weighted by molar-refractivity contribution is 7.88. The van der Waals surface area contributed by atoms with Crippen molar-refractivity contribution in [3.8, 4) is 0 Å². The molecule has 9 heteroatoms. The third kappa shape index (κ3) is 5.08. The third-order valence-electron chi connectivity index (χ3n) is 5.44. The number of rotatable bonds is 5. The average Bonchev–Trinajstić information content (AvgIpc) is 3.17. The van der Waals surface area contributed by atoms with Gasteiger partial charge in [0.2, 0.25) is 15.9 Å². The zero-order chi connectivity index (χ0) is 19.6. The van der Waals surface area contributed by atoms with Crippen LogP contribution < -0.4 is 4.72 Å². The van der Waals surface area contributed by atoms with Crippen LogP contribution in [0.4, 0.5) is 0 Å². The Morgan fingerprint density at radius 3 is 2.56 bits per heavy atom. The minimum atomic E-state index is -3.39. The largest absolute Gasteiger partial charge is 0.443 e. The summed E-state index contributed by atoms with van der Waals surface area (Å²) in [5, 5.41) is 0. The number of hydrogen-bond acceptors (Lipinski definition) is 6. The first-order valence-electron chi connectivity index (χ1n) is 9.72. The zero-order valence-electron chi connectivity index (χ0n) is 16.4. The lowest BCUT2D eigenvalue weighted by atomic mass is 10.2. The van der Waals surface area contributed by atoms with Gasteiger partial charge in [0.05, 0.1) is 12.3 Å². The van der Waals surface area contributed by atoms with Crippen LogP contribution in [0.2, 0.25) is 0 Å². The lowest BCUT2D eigenvalue weighted by Crippen LogP contribution is -2.38. The molecule has 27 heavy (non-hydrogen) atoms. The van der Waals surface area contributed by atoms with Crippen LogP contribution in [0.3, 0.4) is 0 Å². The molecular weight excluding hydrogens is 368 g/mol.